The third kappa shape index (κ3) is 2.73. The van der Waals surface area contributed by atoms with Gasteiger partial charge in [0.2, 0.25) is 5.91 Å². The molecule has 0 aromatic carbocycles. The molecule has 1 amide bonds. The fraction of sp³-hybridized carbons (Fsp3) is 0.500. The van der Waals surface area contributed by atoms with Crippen LogP contribution in [0.3, 0.4) is 0 Å². The lowest BCUT2D eigenvalue weighted by Crippen LogP contribution is -2.46. The lowest BCUT2D eigenvalue weighted by molar-refractivity contribution is -0.137. The number of hydrogen-bond donors (Lipinski definition) is 1. The summed E-state index contributed by atoms with van der Waals surface area (Å²) in [7, 11) is 0. The summed E-state index contributed by atoms with van der Waals surface area (Å²) in [5.41, 5.74) is 6.03. The number of nitrogens with two attached hydrogens (primary N) is 1. The maximum absolute atomic E-state index is 11.9. The molecule has 1 fully saturated rings. The van der Waals surface area contributed by atoms with Gasteiger partial charge in [-0.2, -0.15) is 10.4 Å². The number of carbonyl (C=O) groups is 1. The molecule has 2 heterocycles. The summed E-state index contributed by atoms with van der Waals surface area (Å²) >= 11 is 0. The van der Waals surface area contributed by atoms with E-state index in [1.807, 2.05) is 6.07 Å². The van der Waals surface area contributed by atoms with Crippen LogP contribution >= 0.6 is 0 Å². The van der Waals surface area contributed by atoms with Crippen LogP contribution in [0.5, 0.6) is 0 Å². The highest BCUT2D eigenvalue weighted by Crippen LogP contribution is 2.06. The monoisotopic (exact) mass is 235 g/mol. The number of morpholine rings is 1. The van der Waals surface area contributed by atoms with E-state index >= 15 is 0 Å². The Morgan fingerprint density at radius 3 is 3.24 bits per heavy atom. The zero-order chi connectivity index (χ0) is 12.3. The third-order valence-electron chi connectivity index (χ3n) is 2.51. The minimum absolute atomic E-state index is 0.0864. The predicted molar refractivity (Wildman–Crippen MR) is 58.6 cm³/mol. The van der Waals surface area contributed by atoms with Crippen LogP contribution in [0.2, 0.25) is 0 Å². The number of nitriles is 1. The van der Waals surface area contributed by atoms with Crippen LogP contribution in [0.25, 0.3) is 0 Å². The number of ether oxygens (including phenoxy) is 1. The Balaban J connectivity index is 1.94. The first-order chi connectivity index (χ1) is 8.19. The standard InChI is InChI=1S/C10H13N5O2/c11-3-9-6-14(1-2-17-9)10(16)7-15-5-8(12)4-13-15/h4-5,9H,1-2,6-7,12H2. The first-order valence-corrected chi connectivity index (χ1v) is 5.26. The van der Waals surface area contributed by atoms with E-state index in [4.69, 9.17) is 15.7 Å². The molecule has 90 valence electrons. The second kappa shape index (κ2) is 4.84. The number of rotatable bonds is 2. The summed E-state index contributed by atoms with van der Waals surface area (Å²) in [4.78, 5) is 13.5. The van der Waals surface area contributed by atoms with Crippen LogP contribution in [0.15, 0.2) is 12.4 Å². The smallest absolute Gasteiger partial charge is 0.244 e. The predicted octanol–water partition coefficient (Wildman–Crippen LogP) is -0.784. The molecule has 1 saturated heterocycles. The van der Waals surface area contributed by atoms with Crippen molar-refractivity contribution in [3.05, 3.63) is 12.4 Å². The van der Waals surface area contributed by atoms with Gasteiger partial charge in [-0.15, -0.1) is 0 Å². The molecule has 1 aliphatic heterocycles. The molecular formula is C10H13N5O2. The highest BCUT2D eigenvalue weighted by molar-refractivity contribution is 5.76. The van der Waals surface area contributed by atoms with Crippen molar-refractivity contribution < 1.29 is 9.53 Å². The maximum Gasteiger partial charge on any atom is 0.244 e. The SMILES string of the molecule is N#CC1CN(C(=O)Cn2cc(N)cn2)CCO1. The van der Waals surface area contributed by atoms with Crippen molar-refractivity contribution in [2.24, 2.45) is 0 Å². The molecule has 1 aliphatic rings. The van der Waals surface area contributed by atoms with Crippen molar-refractivity contribution in [1.29, 1.82) is 5.26 Å². The second-order valence-electron chi connectivity index (χ2n) is 3.80. The quantitative estimate of drug-likeness (QED) is 0.725. The normalized spacial score (nSPS) is 19.9. The van der Waals surface area contributed by atoms with Gasteiger partial charge in [-0.3, -0.25) is 9.48 Å². The lowest BCUT2D eigenvalue weighted by atomic mass is 10.3. The molecule has 0 radical (unpaired) electrons. The lowest BCUT2D eigenvalue weighted by Gasteiger charge is -2.29. The van der Waals surface area contributed by atoms with E-state index in [2.05, 4.69) is 5.10 Å². The number of hydrogen-bond acceptors (Lipinski definition) is 5. The van der Waals surface area contributed by atoms with Crippen molar-refractivity contribution in [3.63, 3.8) is 0 Å². The number of nitrogen functional groups attached to an aromatic ring is 1. The Kier molecular flexibility index (Phi) is 3.25. The summed E-state index contributed by atoms with van der Waals surface area (Å²) in [6.45, 7) is 1.35. The van der Waals surface area contributed by atoms with Crippen LogP contribution < -0.4 is 5.73 Å². The number of anilines is 1. The average Bonchev–Trinajstić information content (AvgIpc) is 2.75. The van der Waals surface area contributed by atoms with E-state index in [-0.39, 0.29) is 12.5 Å². The van der Waals surface area contributed by atoms with Gasteiger partial charge < -0.3 is 15.4 Å². The minimum Gasteiger partial charge on any atom is -0.396 e. The molecule has 2 N–H and O–H groups in total. The van der Waals surface area contributed by atoms with Crippen molar-refractivity contribution in [3.8, 4) is 6.07 Å². The van der Waals surface area contributed by atoms with Gasteiger partial charge in [0.25, 0.3) is 0 Å². The van der Waals surface area contributed by atoms with E-state index in [9.17, 15) is 4.79 Å². The third-order valence-corrected chi connectivity index (χ3v) is 2.51. The number of amides is 1. The molecule has 7 heteroatoms. The van der Waals surface area contributed by atoms with Crippen molar-refractivity contribution >= 4 is 11.6 Å². The number of carbonyl (C=O) groups excluding carboxylic acids is 1. The first-order valence-electron chi connectivity index (χ1n) is 5.26. The zero-order valence-corrected chi connectivity index (χ0v) is 9.24. The van der Waals surface area contributed by atoms with Gasteiger partial charge in [0.15, 0.2) is 6.10 Å². The molecule has 1 aromatic heterocycles. The van der Waals surface area contributed by atoms with Gasteiger partial charge in [-0.25, -0.2) is 0 Å². The van der Waals surface area contributed by atoms with Gasteiger partial charge in [0.1, 0.15) is 6.54 Å². The molecule has 0 aliphatic carbocycles. The molecular weight excluding hydrogens is 222 g/mol. The summed E-state index contributed by atoms with van der Waals surface area (Å²) < 4.78 is 6.65. The highest BCUT2D eigenvalue weighted by Gasteiger charge is 2.23. The molecule has 1 atom stereocenters. The fourth-order valence-corrected chi connectivity index (χ4v) is 1.66. The van der Waals surface area contributed by atoms with Gasteiger partial charge in [-0.05, 0) is 0 Å². The number of aromatic nitrogens is 2. The molecule has 2 rings (SSSR count). The molecule has 0 spiro atoms. The second-order valence-corrected chi connectivity index (χ2v) is 3.80. The zero-order valence-electron chi connectivity index (χ0n) is 9.24. The van der Waals surface area contributed by atoms with E-state index in [0.717, 1.165) is 0 Å². The number of nitrogens with zero attached hydrogens (tertiary/aromatic N) is 4. The molecule has 1 unspecified atom stereocenters. The Hall–Kier alpha value is -2.07. The highest BCUT2D eigenvalue weighted by atomic mass is 16.5. The van der Waals surface area contributed by atoms with E-state index < -0.39 is 6.10 Å². The fourth-order valence-electron chi connectivity index (χ4n) is 1.66. The topological polar surface area (TPSA) is 97.2 Å². The molecule has 0 bridgehead atoms. The molecule has 1 aromatic rings. The Bertz CT molecular complexity index is 450. The van der Waals surface area contributed by atoms with Gasteiger partial charge in [-0.1, -0.05) is 0 Å². The van der Waals surface area contributed by atoms with Crippen molar-refractivity contribution in [1.82, 2.24) is 14.7 Å². The van der Waals surface area contributed by atoms with Gasteiger partial charge >= 0.3 is 0 Å². The molecule has 7 nitrogen and oxygen atoms in total. The largest absolute Gasteiger partial charge is 0.396 e. The van der Waals surface area contributed by atoms with Gasteiger partial charge in [0, 0.05) is 12.7 Å². The van der Waals surface area contributed by atoms with Crippen LogP contribution in [0.4, 0.5) is 5.69 Å². The maximum atomic E-state index is 11.9. The van der Waals surface area contributed by atoms with Crippen molar-refractivity contribution in [2.45, 2.75) is 12.6 Å². The Morgan fingerprint density at radius 2 is 2.59 bits per heavy atom. The van der Waals surface area contributed by atoms with Crippen LogP contribution in [0.1, 0.15) is 0 Å². The molecule has 17 heavy (non-hydrogen) atoms. The van der Waals surface area contributed by atoms with Crippen LogP contribution in [-0.4, -0.2) is 46.4 Å². The van der Waals surface area contributed by atoms with Crippen LogP contribution in [0, 0.1) is 11.3 Å². The summed E-state index contributed by atoms with van der Waals surface area (Å²) in [6.07, 6.45) is 2.56. The average molecular weight is 235 g/mol. The Morgan fingerprint density at radius 1 is 1.76 bits per heavy atom. The summed E-state index contributed by atoms with van der Waals surface area (Å²) in [5.74, 6) is -0.0864. The van der Waals surface area contributed by atoms with Crippen LogP contribution in [-0.2, 0) is 16.1 Å². The van der Waals surface area contributed by atoms with E-state index in [0.29, 0.717) is 25.4 Å². The van der Waals surface area contributed by atoms with E-state index in [1.54, 1.807) is 11.1 Å². The molecule has 0 saturated carbocycles. The van der Waals surface area contributed by atoms with E-state index in [1.165, 1.54) is 10.9 Å². The first kappa shape index (κ1) is 11.4. The summed E-state index contributed by atoms with van der Waals surface area (Å²) in [6, 6.07) is 2.00. The Labute approximate surface area is 98.4 Å². The van der Waals surface area contributed by atoms with Gasteiger partial charge in [0.05, 0.1) is 31.1 Å². The minimum atomic E-state index is -0.532. The van der Waals surface area contributed by atoms with Crippen molar-refractivity contribution in [2.75, 3.05) is 25.4 Å². The summed E-state index contributed by atoms with van der Waals surface area (Å²) in [5, 5.41) is 12.7.